The molecule has 158 valence electrons. The van der Waals surface area contributed by atoms with Crippen LogP contribution in [0.25, 0.3) is 0 Å². The van der Waals surface area contributed by atoms with Crippen LogP contribution in [0.15, 0.2) is 36.5 Å². The van der Waals surface area contributed by atoms with Gasteiger partial charge in [0.25, 0.3) is 0 Å². The van der Waals surface area contributed by atoms with E-state index in [4.69, 9.17) is 0 Å². The highest BCUT2D eigenvalue weighted by molar-refractivity contribution is 5.90. The number of piperidine rings is 1. The van der Waals surface area contributed by atoms with Gasteiger partial charge in [0.15, 0.2) is 0 Å². The third kappa shape index (κ3) is 4.72. The van der Waals surface area contributed by atoms with Gasteiger partial charge < -0.3 is 20.4 Å². The highest BCUT2D eigenvalue weighted by atomic mass is 16.2. The average Bonchev–Trinajstić information content (AvgIpc) is 2.78. The van der Waals surface area contributed by atoms with Crippen LogP contribution >= 0.6 is 0 Å². The number of urea groups is 1. The first-order chi connectivity index (χ1) is 14.6. The Labute approximate surface area is 177 Å². The van der Waals surface area contributed by atoms with Crippen LogP contribution < -0.4 is 15.5 Å². The first-order valence-corrected chi connectivity index (χ1v) is 10.7. The van der Waals surface area contributed by atoms with Crippen LogP contribution in [-0.4, -0.2) is 41.5 Å². The van der Waals surface area contributed by atoms with Crippen molar-refractivity contribution in [3.05, 3.63) is 53.2 Å². The molecule has 0 saturated carbocycles. The maximum atomic E-state index is 12.7. The molecule has 7 heteroatoms. The number of rotatable bonds is 4. The number of fused-ring (bicyclic) bond motifs is 1. The van der Waals surface area contributed by atoms with Gasteiger partial charge in [-0.05, 0) is 60.6 Å². The number of hydrogen-bond donors (Lipinski definition) is 2. The molecule has 30 heavy (non-hydrogen) atoms. The summed E-state index contributed by atoms with van der Waals surface area (Å²) >= 11 is 0. The van der Waals surface area contributed by atoms with E-state index in [0.29, 0.717) is 19.6 Å². The van der Waals surface area contributed by atoms with E-state index in [1.165, 1.54) is 26.2 Å². The minimum Gasteiger partial charge on any atom is -0.357 e. The predicted octanol–water partition coefficient (Wildman–Crippen LogP) is 3.30. The summed E-state index contributed by atoms with van der Waals surface area (Å²) in [6.07, 6.45) is 6.27. The number of pyridine rings is 1. The summed E-state index contributed by atoms with van der Waals surface area (Å²) in [5, 5.41) is 5.94. The lowest BCUT2D eigenvalue weighted by molar-refractivity contribution is -0.114. The van der Waals surface area contributed by atoms with Gasteiger partial charge in [0.2, 0.25) is 5.91 Å². The summed E-state index contributed by atoms with van der Waals surface area (Å²) in [4.78, 5) is 32.8. The molecule has 0 aliphatic carbocycles. The predicted molar refractivity (Wildman–Crippen MR) is 117 cm³/mol. The lowest BCUT2D eigenvalue weighted by Crippen LogP contribution is -2.42. The van der Waals surface area contributed by atoms with Gasteiger partial charge in [0, 0.05) is 51.5 Å². The number of carbonyl (C=O) groups excluding carboxylic acids is 2. The molecule has 0 radical (unpaired) electrons. The van der Waals surface area contributed by atoms with Crippen molar-refractivity contribution in [1.29, 1.82) is 0 Å². The molecule has 2 aliphatic rings. The Morgan fingerprint density at radius 2 is 1.93 bits per heavy atom. The second kappa shape index (κ2) is 9.15. The molecule has 1 saturated heterocycles. The minimum atomic E-state index is -0.0788. The van der Waals surface area contributed by atoms with Crippen molar-refractivity contribution in [1.82, 2.24) is 15.2 Å². The monoisotopic (exact) mass is 407 g/mol. The average molecular weight is 408 g/mol. The fraction of sp³-hybridized carbons (Fsp3) is 0.435. The lowest BCUT2D eigenvalue weighted by atomic mass is 9.98. The normalized spacial score (nSPS) is 16.0. The summed E-state index contributed by atoms with van der Waals surface area (Å²) in [6, 6.07) is 9.83. The molecule has 0 spiro atoms. The maximum absolute atomic E-state index is 12.7. The largest absolute Gasteiger partial charge is 0.357 e. The second-order valence-electron chi connectivity index (χ2n) is 8.02. The smallest absolute Gasteiger partial charge is 0.317 e. The van der Waals surface area contributed by atoms with Gasteiger partial charge in [0.05, 0.1) is 0 Å². The number of anilines is 2. The first kappa shape index (κ1) is 20.2. The number of benzene rings is 1. The van der Waals surface area contributed by atoms with Gasteiger partial charge in [-0.2, -0.15) is 0 Å². The zero-order valence-corrected chi connectivity index (χ0v) is 17.5. The third-order valence-electron chi connectivity index (χ3n) is 5.80. The van der Waals surface area contributed by atoms with E-state index in [1.54, 1.807) is 0 Å². The van der Waals surface area contributed by atoms with Crippen LogP contribution in [0.5, 0.6) is 0 Å². The first-order valence-electron chi connectivity index (χ1n) is 10.7. The Morgan fingerprint density at radius 1 is 1.10 bits per heavy atom. The van der Waals surface area contributed by atoms with E-state index in [-0.39, 0.29) is 11.9 Å². The lowest BCUT2D eigenvalue weighted by Gasteiger charge is -2.30. The van der Waals surface area contributed by atoms with Crippen molar-refractivity contribution >= 4 is 23.4 Å². The number of nitrogens with zero attached hydrogens (tertiary/aromatic N) is 3. The highest BCUT2D eigenvalue weighted by Gasteiger charge is 2.22. The van der Waals surface area contributed by atoms with E-state index in [9.17, 15) is 9.59 Å². The fourth-order valence-electron chi connectivity index (χ4n) is 4.25. The van der Waals surface area contributed by atoms with Crippen molar-refractivity contribution < 1.29 is 9.59 Å². The number of amides is 3. The number of hydrogen-bond acceptors (Lipinski definition) is 4. The summed E-state index contributed by atoms with van der Waals surface area (Å²) in [7, 11) is 0. The van der Waals surface area contributed by atoms with Gasteiger partial charge in [-0.15, -0.1) is 0 Å². The Kier molecular flexibility index (Phi) is 6.16. The Hall–Kier alpha value is -3.09. The van der Waals surface area contributed by atoms with Crippen LogP contribution in [0.1, 0.15) is 42.9 Å². The quantitative estimate of drug-likeness (QED) is 0.815. The minimum absolute atomic E-state index is 0.0677. The van der Waals surface area contributed by atoms with E-state index in [0.717, 1.165) is 47.7 Å². The SMILES string of the molecule is CC(=O)Nc1cccc2c1CCN(C(=O)NCc1ccnc(N3CCCCC3)c1)C2. The molecular weight excluding hydrogens is 378 g/mol. The van der Waals surface area contributed by atoms with Crippen LogP contribution in [-0.2, 0) is 24.3 Å². The van der Waals surface area contributed by atoms with E-state index >= 15 is 0 Å². The molecule has 2 N–H and O–H groups in total. The molecule has 2 aromatic rings. The van der Waals surface area contributed by atoms with Crippen LogP contribution in [0.3, 0.4) is 0 Å². The van der Waals surface area contributed by atoms with Gasteiger partial charge in [-0.1, -0.05) is 12.1 Å². The second-order valence-corrected chi connectivity index (χ2v) is 8.02. The number of aromatic nitrogens is 1. The Bertz CT molecular complexity index is 924. The summed E-state index contributed by atoms with van der Waals surface area (Å²) in [5.41, 5.74) is 4.11. The molecule has 2 aliphatic heterocycles. The van der Waals surface area contributed by atoms with Gasteiger partial charge in [-0.25, -0.2) is 9.78 Å². The maximum Gasteiger partial charge on any atom is 0.317 e. The molecule has 3 amide bonds. The van der Waals surface area contributed by atoms with Crippen LogP contribution in [0.4, 0.5) is 16.3 Å². The molecule has 1 aromatic carbocycles. The molecule has 0 bridgehead atoms. The van der Waals surface area contributed by atoms with Crippen molar-refractivity contribution in [2.45, 2.75) is 45.7 Å². The molecule has 0 atom stereocenters. The van der Waals surface area contributed by atoms with Crippen molar-refractivity contribution in [2.75, 3.05) is 29.9 Å². The molecule has 4 rings (SSSR count). The van der Waals surface area contributed by atoms with Gasteiger partial charge in [-0.3, -0.25) is 4.79 Å². The standard InChI is InChI=1S/C23H29N5O2/c1-17(29)26-21-7-5-6-19-16-28(13-9-20(19)21)23(30)25-15-18-8-10-24-22(14-18)27-11-3-2-4-12-27/h5-8,10,14H,2-4,9,11-13,15-16H2,1H3,(H,25,30)(H,26,29). The zero-order chi connectivity index (χ0) is 20.9. The Morgan fingerprint density at radius 3 is 2.73 bits per heavy atom. The van der Waals surface area contributed by atoms with Gasteiger partial charge >= 0.3 is 6.03 Å². The molecule has 3 heterocycles. The van der Waals surface area contributed by atoms with Gasteiger partial charge in [0.1, 0.15) is 5.82 Å². The van der Waals surface area contributed by atoms with Crippen molar-refractivity contribution in [3.63, 3.8) is 0 Å². The van der Waals surface area contributed by atoms with Crippen molar-refractivity contribution in [3.8, 4) is 0 Å². The third-order valence-corrected chi connectivity index (χ3v) is 5.80. The van der Waals surface area contributed by atoms with E-state index in [2.05, 4.69) is 26.6 Å². The summed E-state index contributed by atoms with van der Waals surface area (Å²) in [5.74, 6) is 0.920. The highest BCUT2D eigenvalue weighted by Crippen LogP contribution is 2.26. The molecule has 7 nitrogen and oxygen atoms in total. The molecular formula is C23H29N5O2. The van der Waals surface area contributed by atoms with Crippen molar-refractivity contribution in [2.24, 2.45) is 0 Å². The number of carbonyl (C=O) groups is 2. The molecule has 1 aromatic heterocycles. The van der Waals surface area contributed by atoms with Crippen LogP contribution in [0.2, 0.25) is 0 Å². The van der Waals surface area contributed by atoms with Crippen LogP contribution in [0, 0.1) is 0 Å². The molecule has 1 fully saturated rings. The summed E-state index contributed by atoms with van der Waals surface area (Å²) in [6.45, 7) is 5.27. The fourth-order valence-corrected chi connectivity index (χ4v) is 4.25. The molecule has 0 unspecified atom stereocenters. The topological polar surface area (TPSA) is 77.6 Å². The van der Waals surface area contributed by atoms with E-state index < -0.39 is 0 Å². The van der Waals surface area contributed by atoms with E-state index in [1.807, 2.05) is 35.4 Å². The zero-order valence-electron chi connectivity index (χ0n) is 17.5. The summed E-state index contributed by atoms with van der Waals surface area (Å²) < 4.78 is 0. The number of nitrogens with one attached hydrogen (secondary N) is 2. The Balaban J connectivity index is 1.36.